The maximum atomic E-state index is 14.2. The zero-order chi connectivity index (χ0) is 21.4. The van der Waals surface area contributed by atoms with Gasteiger partial charge in [0.15, 0.2) is 11.5 Å². The van der Waals surface area contributed by atoms with Crippen LogP contribution in [-0.4, -0.2) is 34.9 Å². The lowest BCUT2D eigenvalue weighted by molar-refractivity contribution is 0.589. The van der Waals surface area contributed by atoms with Crippen LogP contribution in [0.15, 0.2) is 60.9 Å². The van der Waals surface area contributed by atoms with Crippen molar-refractivity contribution in [3.05, 3.63) is 78.0 Å². The van der Waals surface area contributed by atoms with E-state index in [1.165, 1.54) is 6.07 Å². The molecule has 0 atom stereocenters. The van der Waals surface area contributed by atoms with Crippen LogP contribution < -0.4 is 5.73 Å². The van der Waals surface area contributed by atoms with Crippen molar-refractivity contribution in [2.24, 2.45) is 0 Å². The van der Waals surface area contributed by atoms with E-state index in [2.05, 4.69) is 30.2 Å². The Hall–Kier alpha value is -4.27. The van der Waals surface area contributed by atoms with Crippen LogP contribution in [0, 0.1) is 12.7 Å². The Morgan fingerprint density at radius 2 is 1.74 bits per heavy atom. The number of aromatic nitrogens is 7. The fraction of sp³-hybridized carbons (Fsp3) is 0.0909. The second-order valence-corrected chi connectivity index (χ2v) is 6.98. The molecule has 1 aromatic carbocycles. The first-order chi connectivity index (χ1) is 15.1. The molecule has 0 spiro atoms. The molecular weight excluding hydrogens is 395 g/mol. The normalized spacial score (nSPS) is 11.2. The highest BCUT2D eigenvalue weighted by atomic mass is 19.1. The van der Waals surface area contributed by atoms with Gasteiger partial charge < -0.3 is 5.73 Å². The van der Waals surface area contributed by atoms with E-state index in [0.29, 0.717) is 22.6 Å². The van der Waals surface area contributed by atoms with Crippen molar-refractivity contribution in [1.29, 1.82) is 0 Å². The summed E-state index contributed by atoms with van der Waals surface area (Å²) in [5.41, 5.74) is 9.80. The summed E-state index contributed by atoms with van der Waals surface area (Å²) in [6, 6.07) is 13.9. The van der Waals surface area contributed by atoms with E-state index < -0.39 is 0 Å². The molecule has 0 bridgehead atoms. The molecule has 0 amide bonds. The average molecular weight is 412 g/mol. The van der Waals surface area contributed by atoms with Crippen LogP contribution in [0.2, 0.25) is 0 Å². The van der Waals surface area contributed by atoms with Crippen LogP contribution in [0.1, 0.15) is 11.3 Å². The monoisotopic (exact) mass is 412 g/mol. The third kappa shape index (κ3) is 3.35. The minimum atomic E-state index is -0.304. The molecule has 0 fully saturated rings. The van der Waals surface area contributed by atoms with Crippen LogP contribution in [0.5, 0.6) is 0 Å². The fourth-order valence-electron chi connectivity index (χ4n) is 3.44. The molecule has 0 saturated carbocycles. The van der Waals surface area contributed by atoms with Crippen LogP contribution in [-0.2, 0) is 6.54 Å². The SMILES string of the molecule is Cc1ncccc1-c1nnc(-c2nn(Cc3ccccc3F)c3ncccc23)nc1N. The minimum Gasteiger partial charge on any atom is -0.382 e. The Morgan fingerprint density at radius 3 is 2.55 bits per heavy atom. The number of benzene rings is 1. The number of fused-ring (bicyclic) bond motifs is 1. The number of halogens is 1. The molecule has 8 nitrogen and oxygen atoms in total. The number of aryl methyl sites for hydroxylation is 1. The highest BCUT2D eigenvalue weighted by molar-refractivity contribution is 5.89. The van der Waals surface area contributed by atoms with Crippen molar-refractivity contribution in [1.82, 2.24) is 34.9 Å². The van der Waals surface area contributed by atoms with Crippen molar-refractivity contribution >= 4 is 16.9 Å². The van der Waals surface area contributed by atoms with Crippen LogP contribution >= 0.6 is 0 Å². The van der Waals surface area contributed by atoms with Gasteiger partial charge in [0.25, 0.3) is 0 Å². The number of rotatable bonds is 4. The third-order valence-electron chi connectivity index (χ3n) is 4.97. The molecule has 0 aliphatic carbocycles. The highest BCUT2D eigenvalue weighted by Crippen LogP contribution is 2.28. The lowest BCUT2D eigenvalue weighted by Gasteiger charge is -2.06. The quantitative estimate of drug-likeness (QED) is 0.482. The summed E-state index contributed by atoms with van der Waals surface area (Å²) < 4.78 is 15.8. The van der Waals surface area contributed by atoms with E-state index >= 15 is 0 Å². The number of hydrogen-bond acceptors (Lipinski definition) is 7. The molecule has 0 aliphatic rings. The van der Waals surface area contributed by atoms with Gasteiger partial charge in [0, 0.05) is 29.2 Å². The Kier molecular flexibility index (Phi) is 4.55. The van der Waals surface area contributed by atoms with Gasteiger partial charge in [0.1, 0.15) is 17.2 Å². The molecule has 4 aromatic heterocycles. The Bertz CT molecular complexity index is 1410. The van der Waals surface area contributed by atoms with E-state index in [4.69, 9.17) is 5.73 Å². The van der Waals surface area contributed by atoms with Gasteiger partial charge in [-0.05, 0) is 37.3 Å². The van der Waals surface area contributed by atoms with E-state index in [-0.39, 0.29) is 24.0 Å². The molecule has 5 rings (SSSR count). The molecular formula is C22H17FN8. The fourth-order valence-corrected chi connectivity index (χ4v) is 3.44. The first-order valence-corrected chi connectivity index (χ1v) is 9.59. The molecule has 5 aromatic rings. The Labute approximate surface area is 176 Å². The van der Waals surface area contributed by atoms with Gasteiger partial charge in [-0.3, -0.25) is 4.98 Å². The number of pyridine rings is 2. The molecule has 152 valence electrons. The summed E-state index contributed by atoms with van der Waals surface area (Å²) >= 11 is 0. The van der Waals surface area contributed by atoms with Crippen LogP contribution in [0.25, 0.3) is 33.8 Å². The summed E-state index contributed by atoms with van der Waals surface area (Å²) in [4.78, 5) is 13.1. The zero-order valence-electron chi connectivity index (χ0n) is 16.6. The predicted octanol–water partition coefficient (Wildman–Crippen LogP) is 3.42. The molecule has 31 heavy (non-hydrogen) atoms. The van der Waals surface area contributed by atoms with Gasteiger partial charge in [-0.2, -0.15) is 5.10 Å². The Morgan fingerprint density at radius 1 is 0.935 bits per heavy atom. The predicted molar refractivity (Wildman–Crippen MR) is 114 cm³/mol. The van der Waals surface area contributed by atoms with E-state index in [1.807, 2.05) is 19.1 Å². The highest BCUT2D eigenvalue weighted by Gasteiger charge is 2.19. The van der Waals surface area contributed by atoms with Crippen molar-refractivity contribution < 1.29 is 4.39 Å². The second kappa shape index (κ2) is 7.52. The number of anilines is 1. The first kappa shape index (κ1) is 18.7. The maximum Gasteiger partial charge on any atom is 0.204 e. The van der Waals surface area contributed by atoms with Crippen molar-refractivity contribution in [2.45, 2.75) is 13.5 Å². The van der Waals surface area contributed by atoms with Crippen LogP contribution in [0.4, 0.5) is 10.2 Å². The van der Waals surface area contributed by atoms with Gasteiger partial charge in [0.2, 0.25) is 5.82 Å². The summed E-state index contributed by atoms with van der Waals surface area (Å²) in [5, 5.41) is 13.9. The molecule has 0 aliphatic heterocycles. The lowest BCUT2D eigenvalue weighted by Crippen LogP contribution is -2.06. The van der Waals surface area contributed by atoms with Gasteiger partial charge in [0.05, 0.1) is 11.9 Å². The number of hydrogen-bond donors (Lipinski definition) is 1. The minimum absolute atomic E-state index is 0.218. The van der Waals surface area contributed by atoms with Gasteiger partial charge in [-0.15, -0.1) is 10.2 Å². The van der Waals surface area contributed by atoms with Gasteiger partial charge in [-0.1, -0.05) is 18.2 Å². The molecule has 4 heterocycles. The largest absolute Gasteiger partial charge is 0.382 e. The average Bonchev–Trinajstić information content (AvgIpc) is 3.15. The third-order valence-corrected chi connectivity index (χ3v) is 4.97. The molecule has 0 saturated heterocycles. The molecule has 9 heteroatoms. The topological polar surface area (TPSA) is 108 Å². The lowest BCUT2D eigenvalue weighted by atomic mass is 10.1. The van der Waals surface area contributed by atoms with E-state index in [0.717, 1.165) is 16.6 Å². The van der Waals surface area contributed by atoms with Crippen molar-refractivity contribution in [3.63, 3.8) is 0 Å². The van der Waals surface area contributed by atoms with Gasteiger partial charge in [-0.25, -0.2) is 19.0 Å². The van der Waals surface area contributed by atoms with Crippen LogP contribution in [0.3, 0.4) is 0 Å². The van der Waals surface area contributed by atoms with E-state index in [9.17, 15) is 4.39 Å². The summed E-state index contributed by atoms with van der Waals surface area (Å²) in [5.74, 6) is 0.192. The molecule has 2 N–H and O–H groups in total. The maximum absolute atomic E-state index is 14.2. The molecule has 0 unspecified atom stereocenters. The summed E-state index contributed by atoms with van der Waals surface area (Å²) in [6.45, 7) is 2.09. The molecule has 0 radical (unpaired) electrons. The zero-order valence-corrected chi connectivity index (χ0v) is 16.6. The number of nitrogens with zero attached hydrogens (tertiary/aromatic N) is 7. The number of nitrogen functional groups attached to an aromatic ring is 1. The summed E-state index contributed by atoms with van der Waals surface area (Å²) in [7, 11) is 0. The van der Waals surface area contributed by atoms with Crippen molar-refractivity contribution in [3.8, 4) is 22.8 Å². The van der Waals surface area contributed by atoms with E-state index in [1.54, 1.807) is 47.4 Å². The number of nitrogens with two attached hydrogens (primary N) is 1. The standard InChI is InChI=1S/C22H17FN8/c1-13-15(7-4-10-25-13)18-20(24)27-21(29-28-18)19-16-8-5-11-26-22(16)31(30-19)12-14-6-2-3-9-17(14)23/h2-11H,12H2,1H3,(H2,24,27,29). The summed E-state index contributed by atoms with van der Waals surface area (Å²) in [6.07, 6.45) is 3.36. The first-order valence-electron chi connectivity index (χ1n) is 9.59. The van der Waals surface area contributed by atoms with Gasteiger partial charge >= 0.3 is 0 Å². The van der Waals surface area contributed by atoms with Crippen molar-refractivity contribution in [2.75, 3.05) is 5.73 Å². The smallest absolute Gasteiger partial charge is 0.204 e. The Balaban J connectivity index is 1.60. The second-order valence-electron chi connectivity index (χ2n) is 6.98.